The Morgan fingerprint density at radius 1 is 1.57 bits per heavy atom. The van der Waals surface area contributed by atoms with Crippen LogP contribution in [0.15, 0.2) is 0 Å². The van der Waals surface area contributed by atoms with Gasteiger partial charge in [-0.1, -0.05) is 0 Å². The molecule has 5 nitrogen and oxygen atoms in total. The minimum absolute atomic E-state index is 0.119. The van der Waals surface area contributed by atoms with Gasteiger partial charge in [0.2, 0.25) is 0 Å². The smallest absolute Gasteiger partial charge is 0.314 e. The molecule has 5 heteroatoms. The summed E-state index contributed by atoms with van der Waals surface area (Å²) in [4.78, 5) is 27.4. The van der Waals surface area contributed by atoms with Crippen molar-refractivity contribution in [1.82, 2.24) is 5.48 Å². The standard InChI is InChI=1S/C9H13NO4/c11-7-4-8-5(1-2-10-14-8)3-6(7)9(12)13/h5-6,8,10H,1-4H2,(H,12,13). The lowest BCUT2D eigenvalue weighted by Gasteiger charge is -2.36. The second kappa shape index (κ2) is 3.67. The van der Waals surface area contributed by atoms with Crippen molar-refractivity contribution in [2.75, 3.05) is 6.54 Å². The number of carboxylic acid groups (broad SMARTS) is 1. The summed E-state index contributed by atoms with van der Waals surface area (Å²) in [6.07, 6.45) is 1.43. The van der Waals surface area contributed by atoms with Gasteiger partial charge in [-0.2, -0.15) is 0 Å². The second-order valence-corrected chi connectivity index (χ2v) is 3.90. The van der Waals surface area contributed by atoms with E-state index in [4.69, 9.17) is 9.94 Å². The van der Waals surface area contributed by atoms with E-state index in [2.05, 4.69) is 5.48 Å². The topological polar surface area (TPSA) is 75.6 Å². The first kappa shape index (κ1) is 9.61. The lowest BCUT2D eigenvalue weighted by atomic mass is 9.76. The number of nitrogens with one attached hydrogen (secondary N) is 1. The van der Waals surface area contributed by atoms with E-state index in [1.807, 2.05) is 0 Å². The van der Waals surface area contributed by atoms with Gasteiger partial charge in [-0.05, 0) is 18.8 Å². The molecule has 1 aliphatic carbocycles. The summed E-state index contributed by atoms with van der Waals surface area (Å²) in [6, 6.07) is 0. The number of Topliss-reactive ketones (excluding diaryl/α,β-unsaturated/α-hetero) is 1. The fourth-order valence-electron chi connectivity index (χ4n) is 2.18. The Morgan fingerprint density at radius 2 is 2.36 bits per heavy atom. The Kier molecular flexibility index (Phi) is 2.52. The predicted molar refractivity (Wildman–Crippen MR) is 46.3 cm³/mol. The summed E-state index contributed by atoms with van der Waals surface area (Å²) in [5, 5.41) is 8.82. The fourth-order valence-corrected chi connectivity index (χ4v) is 2.18. The van der Waals surface area contributed by atoms with Crippen LogP contribution < -0.4 is 5.48 Å². The summed E-state index contributed by atoms with van der Waals surface area (Å²) in [5.41, 5.74) is 2.75. The van der Waals surface area contributed by atoms with E-state index in [0.717, 1.165) is 13.0 Å². The van der Waals surface area contributed by atoms with E-state index in [1.54, 1.807) is 0 Å². The van der Waals surface area contributed by atoms with Crippen LogP contribution in [-0.4, -0.2) is 29.5 Å². The number of rotatable bonds is 1. The summed E-state index contributed by atoms with van der Waals surface area (Å²) < 4.78 is 0. The van der Waals surface area contributed by atoms with Gasteiger partial charge in [-0.15, -0.1) is 0 Å². The van der Waals surface area contributed by atoms with E-state index in [1.165, 1.54) is 0 Å². The molecule has 1 heterocycles. The van der Waals surface area contributed by atoms with Crippen LogP contribution in [0, 0.1) is 11.8 Å². The number of carbonyl (C=O) groups excluding carboxylic acids is 1. The summed E-state index contributed by atoms with van der Waals surface area (Å²) >= 11 is 0. The normalized spacial score (nSPS) is 37.7. The van der Waals surface area contributed by atoms with E-state index < -0.39 is 11.9 Å². The quantitative estimate of drug-likeness (QED) is 0.579. The fraction of sp³-hybridized carbons (Fsp3) is 0.778. The molecule has 0 bridgehead atoms. The lowest BCUT2D eigenvalue weighted by molar-refractivity contribution is -0.159. The van der Waals surface area contributed by atoms with Crippen molar-refractivity contribution in [1.29, 1.82) is 0 Å². The monoisotopic (exact) mass is 199 g/mol. The van der Waals surface area contributed by atoms with Gasteiger partial charge in [-0.25, -0.2) is 5.48 Å². The van der Waals surface area contributed by atoms with Gasteiger partial charge in [0.25, 0.3) is 0 Å². The molecule has 0 radical (unpaired) electrons. The number of ketones is 1. The molecule has 0 aromatic rings. The SMILES string of the molecule is O=C(O)C1CC2CCNOC2CC1=O. The van der Waals surface area contributed by atoms with Crippen molar-refractivity contribution >= 4 is 11.8 Å². The Morgan fingerprint density at radius 3 is 3.07 bits per heavy atom. The molecule has 1 aliphatic heterocycles. The maximum atomic E-state index is 11.4. The highest BCUT2D eigenvalue weighted by Gasteiger charge is 2.41. The van der Waals surface area contributed by atoms with Crippen LogP contribution >= 0.6 is 0 Å². The Labute approximate surface area is 81.4 Å². The molecule has 1 saturated heterocycles. The first-order valence-electron chi connectivity index (χ1n) is 4.82. The van der Waals surface area contributed by atoms with Gasteiger partial charge in [0.1, 0.15) is 11.7 Å². The van der Waals surface area contributed by atoms with Crippen molar-refractivity contribution in [3.63, 3.8) is 0 Å². The van der Waals surface area contributed by atoms with Crippen molar-refractivity contribution < 1.29 is 19.5 Å². The number of carbonyl (C=O) groups is 2. The van der Waals surface area contributed by atoms with Gasteiger partial charge in [-0.3, -0.25) is 14.4 Å². The molecular weight excluding hydrogens is 186 g/mol. The number of aliphatic carboxylic acids is 1. The minimum Gasteiger partial charge on any atom is -0.481 e. The number of hydroxylamine groups is 1. The predicted octanol–water partition coefficient (Wildman–Crippen LogP) is -0.0402. The zero-order valence-electron chi connectivity index (χ0n) is 7.73. The molecule has 0 spiro atoms. The number of hydrogen-bond donors (Lipinski definition) is 2. The van der Waals surface area contributed by atoms with Gasteiger partial charge < -0.3 is 5.11 Å². The molecule has 2 aliphatic rings. The highest BCUT2D eigenvalue weighted by Crippen LogP contribution is 2.32. The third-order valence-corrected chi connectivity index (χ3v) is 3.01. The van der Waals surface area contributed by atoms with Crippen molar-refractivity contribution in [3.8, 4) is 0 Å². The molecule has 1 saturated carbocycles. The van der Waals surface area contributed by atoms with E-state index in [0.29, 0.717) is 6.42 Å². The Hall–Kier alpha value is -0.940. The third-order valence-electron chi connectivity index (χ3n) is 3.01. The van der Waals surface area contributed by atoms with Crippen LogP contribution in [-0.2, 0) is 14.4 Å². The van der Waals surface area contributed by atoms with Crippen LogP contribution in [0.1, 0.15) is 19.3 Å². The average Bonchev–Trinajstić information content (AvgIpc) is 2.16. The summed E-state index contributed by atoms with van der Waals surface area (Å²) in [5.74, 6) is -1.79. The minimum atomic E-state index is -0.994. The molecule has 3 unspecified atom stereocenters. The third kappa shape index (κ3) is 1.65. The van der Waals surface area contributed by atoms with Gasteiger partial charge >= 0.3 is 5.97 Å². The molecule has 0 amide bonds. The highest BCUT2D eigenvalue weighted by atomic mass is 16.7. The van der Waals surface area contributed by atoms with E-state index in [-0.39, 0.29) is 24.2 Å². The molecule has 3 atom stereocenters. The molecule has 14 heavy (non-hydrogen) atoms. The lowest BCUT2D eigenvalue weighted by Crippen LogP contribution is -2.46. The van der Waals surface area contributed by atoms with Crippen molar-refractivity contribution in [3.05, 3.63) is 0 Å². The molecule has 0 aromatic heterocycles. The average molecular weight is 199 g/mol. The molecule has 0 aromatic carbocycles. The number of hydrogen-bond acceptors (Lipinski definition) is 4. The Bertz CT molecular complexity index is 266. The number of carboxylic acids is 1. The Balaban J connectivity index is 2.07. The maximum Gasteiger partial charge on any atom is 0.314 e. The van der Waals surface area contributed by atoms with E-state index in [9.17, 15) is 9.59 Å². The largest absolute Gasteiger partial charge is 0.481 e. The molecular formula is C9H13NO4. The summed E-state index contributed by atoms with van der Waals surface area (Å²) in [6.45, 7) is 0.738. The zero-order valence-corrected chi connectivity index (χ0v) is 7.73. The molecule has 2 fully saturated rings. The molecule has 2 rings (SSSR count). The number of fused-ring (bicyclic) bond motifs is 1. The van der Waals surface area contributed by atoms with Crippen molar-refractivity contribution in [2.45, 2.75) is 25.4 Å². The maximum absolute atomic E-state index is 11.4. The van der Waals surface area contributed by atoms with Crippen LogP contribution in [0.2, 0.25) is 0 Å². The molecule has 2 N–H and O–H groups in total. The molecule has 78 valence electrons. The van der Waals surface area contributed by atoms with E-state index >= 15 is 0 Å². The first-order valence-corrected chi connectivity index (χ1v) is 4.82. The second-order valence-electron chi connectivity index (χ2n) is 3.90. The van der Waals surface area contributed by atoms with Gasteiger partial charge in [0.05, 0.1) is 6.10 Å². The zero-order chi connectivity index (χ0) is 10.1. The van der Waals surface area contributed by atoms with Gasteiger partial charge in [0.15, 0.2) is 0 Å². The van der Waals surface area contributed by atoms with Crippen molar-refractivity contribution in [2.24, 2.45) is 11.8 Å². The van der Waals surface area contributed by atoms with Crippen LogP contribution in [0.3, 0.4) is 0 Å². The van der Waals surface area contributed by atoms with Crippen LogP contribution in [0.4, 0.5) is 0 Å². The van der Waals surface area contributed by atoms with Crippen LogP contribution in [0.5, 0.6) is 0 Å². The summed E-state index contributed by atoms with van der Waals surface area (Å²) in [7, 11) is 0. The van der Waals surface area contributed by atoms with Gasteiger partial charge in [0, 0.05) is 13.0 Å². The first-order chi connectivity index (χ1) is 6.68. The van der Waals surface area contributed by atoms with Crippen LogP contribution in [0.25, 0.3) is 0 Å². The highest BCUT2D eigenvalue weighted by molar-refractivity contribution is 5.99.